The van der Waals surface area contributed by atoms with Gasteiger partial charge in [-0.15, -0.1) is 0 Å². The summed E-state index contributed by atoms with van der Waals surface area (Å²) in [6.45, 7) is 1.79. The molecule has 1 aliphatic carbocycles. The lowest BCUT2D eigenvalue weighted by molar-refractivity contribution is -0.165. The SMILES string of the molecule is CCOC(=O)C1(C(Nc2ccc(OC)cc2)C(=O)OC)CCCC1=O. The van der Waals surface area contributed by atoms with E-state index in [2.05, 4.69) is 5.32 Å². The lowest BCUT2D eigenvalue weighted by Crippen LogP contribution is -2.54. The number of carbonyl (C=O) groups excluding carboxylic acids is 3. The van der Waals surface area contributed by atoms with E-state index in [0.29, 0.717) is 17.9 Å². The van der Waals surface area contributed by atoms with Crippen LogP contribution in [0.1, 0.15) is 26.2 Å². The molecule has 0 saturated heterocycles. The van der Waals surface area contributed by atoms with E-state index in [1.54, 1.807) is 38.3 Å². The van der Waals surface area contributed by atoms with E-state index in [1.165, 1.54) is 7.11 Å². The van der Waals surface area contributed by atoms with Crippen LogP contribution in [0.15, 0.2) is 24.3 Å². The standard InChI is InChI=1S/C18H23NO6/c1-4-25-17(22)18(11-5-6-14(18)20)15(16(21)24-3)19-12-7-9-13(23-2)10-8-12/h7-10,15,19H,4-6,11H2,1-3H3. The van der Waals surface area contributed by atoms with E-state index in [0.717, 1.165) is 0 Å². The molecule has 2 atom stereocenters. The van der Waals surface area contributed by atoms with Crippen molar-refractivity contribution in [1.82, 2.24) is 0 Å². The average molecular weight is 349 g/mol. The molecule has 1 N–H and O–H groups in total. The number of hydrogen-bond donors (Lipinski definition) is 1. The predicted octanol–water partition coefficient (Wildman–Crippen LogP) is 1.95. The fourth-order valence-corrected chi connectivity index (χ4v) is 3.14. The zero-order valence-electron chi connectivity index (χ0n) is 14.7. The molecule has 0 spiro atoms. The molecule has 2 unspecified atom stereocenters. The van der Waals surface area contributed by atoms with Crippen molar-refractivity contribution in [2.45, 2.75) is 32.2 Å². The van der Waals surface area contributed by atoms with Gasteiger partial charge < -0.3 is 19.5 Å². The number of hydrogen-bond acceptors (Lipinski definition) is 7. The molecule has 1 aromatic rings. The van der Waals surface area contributed by atoms with Crippen molar-refractivity contribution in [3.8, 4) is 5.75 Å². The van der Waals surface area contributed by atoms with Crippen LogP contribution in [-0.2, 0) is 23.9 Å². The highest BCUT2D eigenvalue weighted by atomic mass is 16.5. The third kappa shape index (κ3) is 3.60. The van der Waals surface area contributed by atoms with Crippen LogP contribution in [0.3, 0.4) is 0 Å². The number of benzene rings is 1. The zero-order valence-corrected chi connectivity index (χ0v) is 14.7. The molecule has 1 aromatic carbocycles. The van der Waals surface area contributed by atoms with Crippen molar-refractivity contribution in [1.29, 1.82) is 0 Å². The van der Waals surface area contributed by atoms with Gasteiger partial charge in [-0.25, -0.2) is 4.79 Å². The van der Waals surface area contributed by atoms with Gasteiger partial charge in [0.2, 0.25) is 0 Å². The topological polar surface area (TPSA) is 90.9 Å². The van der Waals surface area contributed by atoms with Gasteiger partial charge in [0.1, 0.15) is 11.8 Å². The maximum Gasteiger partial charge on any atom is 0.329 e. The number of carbonyl (C=O) groups is 3. The first-order valence-electron chi connectivity index (χ1n) is 8.18. The summed E-state index contributed by atoms with van der Waals surface area (Å²) >= 11 is 0. The Balaban J connectivity index is 2.40. The van der Waals surface area contributed by atoms with Crippen molar-refractivity contribution >= 4 is 23.4 Å². The van der Waals surface area contributed by atoms with E-state index in [9.17, 15) is 14.4 Å². The summed E-state index contributed by atoms with van der Waals surface area (Å²) in [7, 11) is 2.77. The summed E-state index contributed by atoms with van der Waals surface area (Å²) in [6, 6.07) is 5.68. The highest BCUT2D eigenvalue weighted by Gasteiger charge is 2.58. The van der Waals surface area contributed by atoms with Crippen LogP contribution in [0.25, 0.3) is 0 Å². The van der Waals surface area contributed by atoms with Crippen LogP contribution in [0.4, 0.5) is 5.69 Å². The van der Waals surface area contributed by atoms with Crippen molar-refractivity contribution in [3.63, 3.8) is 0 Å². The normalized spacial score (nSPS) is 20.7. The Hall–Kier alpha value is -2.57. The molecule has 7 heteroatoms. The first-order valence-corrected chi connectivity index (χ1v) is 8.18. The number of Topliss-reactive ketones (excluding diaryl/α,β-unsaturated/α-hetero) is 1. The van der Waals surface area contributed by atoms with Gasteiger partial charge in [0, 0.05) is 12.1 Å². The summed E-state index contributed by atoms with van der Waals surface area (Å²) < 4.78 is 15.1. The van der Waals surface area contributed by atoms with E-state index in [4.69, 9.17) is 14.2 Å². The first-order chi connectivity index (χ1) is 12.0. The van der Waals surface area contributed by atoms with Crippen LogP contribution >= 0.6 is 0 Å². The zero-order chi connectivity index (χ0) is 18.4. The minimum atomic E-state index is -1.57. The number of ether oxygens (including phenoxy) is 3. The lowest BCUT2D eigenvalue weighted by Gasteiger charge is -2.33. The van der Waals surface area contributed by atoms with Gasteiger partial charge in [-0.2, -0.15) is 0 Å². The van der Waals surface area contributed by atoms with E-state index in [1.807, 2.05) is 0 Å². The van der Waals surface area contributed by atoms with Gasteiger partial charge in [0.15, 0.2) is 11.2 Å². The summed E-state index contributed by atoms with van der Waals surface area (Å²) in [5.41, 5.74) is -0.997. The monoisotopic (exact) mass is 349 g/mol. The molecule has 0 radical (unpaired) electrons. The second-order valence-electron chi connectivity index (χ2n) is 5.80. The molecular formula is C18H23NO6. The number of ketones is 1. The van der Waals surface area contributed by atoms with Crippen molar-refractivity contribution in [2.24, 2.45) is 5.41 Å². The Morgan fingerprint density at radius 3 is 2.40 bits per heavy atom. The number of methoxy groups -OCH3 is 2. The Kier molecular flexibility index (Phi) is 6.01. The highest BCUT2D eigenvalue weighted by Crippen LogP contribution is 2.41. The van der Waals surface area contributed by atoms with E-state index in [-0.39, 0.29) is 25.2 Å². The van der Waals surface area contributed by atoms with Crippen LogP contribution in [-0.4, -0.2) is 44.6 Å². The third-order valence-corrected chi connectivity index (χ3v) is 4.44. The van der Waals surface area contributed by atoms with Gasteiger partial charge in [-0.05, 0) is 44.0 Å². The van der Waals surface area contributed by atoms with Gasteiger partial charge in [-0.3, -0.25) is 9.59 Å². The van der Waals surface area contributed by atoms with Crippen LogP contribution in [0.2, 0.25) is 0 Å². The molecule has 1 fully saturated rings. The van der Waals surface area contributed by atoms with Crippen molar-refractivity contribution in [2.75, 3.05) is 26.1 Å². The van der Waals surface area contributed by atoms with Crippen LogP contribution in [0, 0.1) is 5.41 Å². The van der Waals surface area contributed by atoms with Crippen LogP contribution < -0.4 is 10.1 Å². The summed E-state index contributed by atoms with van der Waals surface area (Å²) in [6.07, 6.45) is 1.000. The molecule has 0 amide bonds. The molecule has 136 valence electrons. The minimum Gasteiger partial charge on any atom is -0.497 e. The number of rotatable bonds is 7. The second kappa shape index (κ2) is 8.00. The van der Waals surface area contributed by atoms with E-state index >= 15 is 0 Å². The summed E-state index contributed by atoms with van der Waals surface area (Å²) in [5.74, 6) is -1.02. The largest absolute Gasteiger partial charge is 0.497 e. The molecule has 0 bridgehead atoms. The molecular weight excluding hydrogens is 326 g/mol. The predicted molar refractivity (Wildman–Crippen MR) is 90.3 cm³/mol. The number of esters is 2. The Labute approximate surface area is 146 Å². The average Bonchev–Trinajstić information content (AvgIpc) is 3.02. The Morgan fingerprint density at radius 1 is 1.24 bits per heavy atom. The molecule has 1 saturated carbocycles. The maximum absolute atomic E-state index is 12.6. The van der Waals surface area contributed by atoms with Gasteiger partial charge in [0.05, 0.1) is 20.8 Å². The fraction of sp³-hybridized carbons (Fsp3) is 0.500. The molecule has 0 heterocycles. The minimum absolute atomic E-state index is 0.129. The lowest BCUT2D eigenvalue weighted by atomic mass is 9.77. The van der Waals surface area contributed by atoms with Gasteiger partial charge >= 0.3 is 11.9 Å². The fourth-order valence-electron chi connectivity index (χ4n) is 3.14. The summed E-state index contributed by atoms with van der Waals surface area (Å²) in [4.78, 5) is 37.6. The van der Waals surface area contributed by atoms with Gasteiger partial charge in [-0.1, -0.05) is 0 Å². The number of anilines is 1. The number of nitrogens with one attached hydrogen (secondary N) is 1. The Morgan fingerprint density at radius 2 is 1.92 bits per heavy atom. The quantitative estimate of drug-likeness (QED) is 0.594. The Bertz CT molecular complexity index is 641. The molecule has 25 heavy (non-hydrogen) atoms. The smallest absolute Gasteiger partial charge is 0.329 e. The summed E-state index contributed by atoms with van der Waals surface area (Å²) in [5, 5.41) is 2.98. The van der Waals surface area contributed by atoms with Crippen molar-refractivity contribution < 1.29 is 28.6 Å². The molecule has 0 aliphatic heterocycles. The molecule has 7 nitrogen and oxygen atoms in total. The van der Waals surface area contributed by atoms with E-state index < -0.39 is 23.4 Å². The first kappa shape index (κ1) is 18.8. The van der Waals surface area contributed by atoms with Crippen molar-refractivity contribution in [3.05, 3.63) is 24.3 Å². The highest BCUT2D eigenvalue weighted by molar-refractivity contribution is 6.10. The molecule has 1 aliphatic rings. The van der Waals surface area contributed by atoms with Crippen LogP contribution in [0.5, 0.6) is 5.75 Å². The molecule has 0 aromatic heterocycles. The second-order valence-corrected chi connectivity index (χ2v) is 5.80. The van der Waals surface area contributed by atoms with Gasteiger partial charge in [0.25, 0.3) is 0 Å². The third-order valence-electron chi connectivity index (χ3n) is 4.44. The maximum atomic E-state index is 12.6. The molecule has 2 rings (SSSR count).